The molecule has 4 atom stereocenters. The van der Waals surface area contributed by atoms with E-state index < -0.39 is 17.4 Å². The second kappa shape index (κ2) is 7.09. The normalized spacial score (nSPS) is 29.5. The Morgan fingerprint density at radius 2 is 1.85 bits per heavy atom. The fourth-order valence-corrected chi connectivity index (χ4v) is 3.49. The minimum absolute atomic E-state index is 0.106. The van der Waals surface area contributed by atoms with E-state index in [4.69, 9.17) is 4.74 Å². The summed E-state index contributed by atoms with van der Waals surface area (Å²) in [6.45, 7) is 8.23. The van der Waals surface area contributed by atoms with Crippen LogP contribution in [0.1, 0.15) is 59.8 Å². The Labute approximate surface area is 121 Å². The minimum Gasteiger partial charge on any atom is -0.480 e. The van der Waals surface area contributed by atoms with Gasteiger partial charge in [-0.2, -0.15) is 0 Å². The molecule has 1 aliphatic carbocycles. The first-order valence-corrected chi connectivity index (χ1v) is 7.80. The van der Waals surface area contributed by atoms with Gasteiger partial charge in [0.05, 0.1) is 6.61 Å². The lowest BCUT2D eigenvalue weighted by molar-refractivity contribution is -0.176. The summed E-state index contributed by atoms with van der Waals surface area (Å²) < 4.78 is 5.12. The van der Waals surface area contributed by atoms with Crippen molar-refractivity contribution in [3.8, 4) is 0 Å². The Kier molecular flexibility index (Phi) is 6.03. The Bertz CT molecular complexity index is 352. The van der Waals surface area contributed by atoms with Crippen LogP contribution in [0, 0.1) is 23.2 Å². The molecule has 0 amide bonds. The van der Waals surface area contributed by atoms with Gasteiger partial charge in [-0.15, -0.1) is 0 Å². The third-order valence-corrected chi connectivity index (χ3v) is 4.96. The van der Waals surface area contributed by atoms with Crippen LogP contribution in [-0.2, 0) is 14.3 Å². The summed E-state index contributed by atoms with van der Waals surface area (Å²) in [5.74, 6) is -0.601. The largest absolute Gasteiger partial charge is 0.480 e. The number of esters is 1. The van der Waals surface area contributed by atoms with Gasteiger partial charge in [0.1, 0.15) is 0 Å². The first kappa shape index (κ1) is 17.0. The second-order valence-electron chi connectivity index (χ2n) is 6.21. The van der Waals surface area contributed by atoms with Crippen LogP contribution in [0.5, 0.6) is 0 Å². The van der Waals surface area contributed by atoms with Gasteiger partial charge >= 0.3 is 11.9 Å². The lowest BCUT2D eigenvalue weighted by Gasteiger charge is -2.41. The highest BCUT2D eigenvalue weighted by Gasteiger charge is 2.54. The monoisotopic (exact) mass is 284 g/mol. The summed E-state index contributed by atoms with van der Waals surface area (Å²) in [7, 11) is 0. The van der Waals surface area contributed by atoms with E-state index in [0.717, 1.165) is 19.3 Å². The number of rotatable bonds is 6. The Balaban J connectivity index is 3.08. The molecule has 4 heteroatoms. The lowest BCUT2D eigenvalue weighted by Crippen LogP contribution is -2.48. The molecule has 4 nitrogen and oxygen atoms in total. The average molecular weight is 284 g/mol. The maximum atomic E-state index is 12.4. The average Bonchev–Trinajstić information content (AvgIpc) is 2.39. The number of carbonyl (C=O) groups excluding carboxylic acids is 1. The zero-order valence-corrected chi connectivity index (χ0v) is 13.1. The molecule has 0 radical (unpaired) electrons. The van der Waals surface area contributed by atoms with Crippen LogP contribution in [0.4, 0.5) is 0 Å². The molecule has 0 bridgehead atoms. The van der Waals surface area contributed by atoms with E-state index in [9.17, 15) is 14.7 Å². The highest BCUT2D eigenvalue weighted by atomic mass is 16.5. The van der Waals surface area contributed by atoms with Gasteiger partial charge in [0.25, 0.3) is 0 Å². The van der Waals surface area contributed by atoms with Crippen molar-refractivity contribution >= 4 is 11.9 Å². The molecule has 0 spiro atoms. The smallest absolute Gasteiger partial charge is 0.323 e. The summed E-state index contributed by atoms with van der Waals surface area (Å²) in [4.78, 5) is 24.3. The Morgan fingerprint density at radius 3 is 2.30 bits per heavy atom. The van der Waals surface area contributed by atoms with Crippen molar-refractivity contribution in [2.45, 2.75) is 59.8 Å². The molecule has 0 aliphatic heterocycles. The molecule has 0 aromatic carbocycles. The predicted octanol–water partition coefficient (Wildman–Crippen LogP) is 3.49. The van der Waals surface area contributed by atoms with Gasteiger partial charge in [-0.25, -0.2) is 0 Å². The molecular formula is C16H28O4. The van der Waals surface area contributed by atoms with Crippen molar-refractivity contribution in [2.75, 3.05) is 6.61 Å². The first-order chi connectivity index (χ1) is 9.40. The fraction of sp³-hybridized carbons (Fsp3) is 0.875. The topological polar surface area (TPSA) is 63.6 Å². The van der Waals surface area contributed by atoms with Crippen molar-refractivity contribution in [2.24, 2.45) is 23.2 Å². The van der Waals surface area contributed by atoms with E-state index in [1.807, 2.05) is 6.92 Å². The van der Waals surface area contributed by atoms with E-state index in [2.05, 4.69) is 13.8 Å². The molecule has 0 saturated heterocycles. The maximum absolute atomic E-state index is 12.4. The van der Waals surface area contributed by atoms with Crippen LogP contribution in [0.2, 0.25) is 0 Å². The van der Waals surface area contributed by atoms with E-state index in [-0.39, 0.29) is 12.5 Å². The number of carboxylic acid groups (broad SMARTS) is 1. The molecule has 1 rings (SSSR count). The standard InChI is InChI=1S/C16H28O4/c1-5-9-16(14(17)18,15(19)20-6-2)13-8-7-11(3)12(4)10-13/h11-13H,5-10H2,1-4H3,(H,17,18). The van der Waals surface area contributed by atoms with Crippen molar-refractivity contribution in [1.29, 1.82) is 0 Å². The van der Waals surface area contributed by atoms with Gasteiger partial charge in [-0.1, -0.05) is 33.6 Å². The summed E-state index contributed by atoms with van der Waals surface area (Å²) >= 11 is 0. The van der Waals surface area contributed by atoms with Crippen LogP contribution in [-0.4, -0.2) is 23.7 Å². The van der Waals surface area contributed by atoms with Gasteiger partial charge in [-0.3, -0.25) is 9.59 Å². The van der Waals surface area contributed by atoms with Gasteiger partial charge in [0, 0.05) is 0 Å². The van der Waals surface area contributed by atoms with Crippen LogP contribution < -0.4 is 0 Å². The van der Waals surface area contributed by atoms with Crippen molar-refractivity contribution in [1.82, 2.24) is 0 Å². The molecule has 1 aliphatic rings. The number of ether oxygens (including phenoxy) is 1. The Hall–Kier alpha value is -1.06. The quantitative estimate of drug-likeness (QED) is 0.599. The van der Waals surface area contributed by atoms with E-state index in [0.29, 0.717) is 24.7 Å². The molecule has 116 valence electrons. The zero-order chi connectivity index (χ0) is 15.3. The summed E-state index contributed by atoms with van der Waals surface area (Å²) in [6, 6.07) is 0. The second-order valence-corrected chi connectivity index (χ2v) is 6.21. The molecule has 4 unspecified atom stereocenters. The third kappa shape index (κ3) is 3.15. The highest BCUT2D eigenvalue weighted by molar-refractivity contribution is 5.99. The Morgan fingerprint density at radius 1 is 1.20 bits per heavy atom. The number of hydrogen-bond donors (Lipinski definition) is 1. The van der Waals surface area contributed by atoms with Gasteiger partial charge < -0.3 is 9.84 Å². The van der Waals surface area contributed by atoms with E-state index >= 15 is 0 Å². The zero-order valence-electron chi connectivity index (χ0n) is 13.1. The molecule has 1 saturated carbocycles. The van der Waals surface area contributed by atoms with Crippen molar-refractivity contribution in [3.05, 3.63) is 0 Å². The number of carboxylic acids is 1. The summed E-state index contributed by atoms with van der Waals surface area (Å²) in [6.07, 6.45) is 3.63. The number of aliphatic carboxylic acids is 1. The van der Waals surface area contributed by atoms with Crippen molar-refractivity contribution in [3.63, 3.8) is 0 Å². The van der Waals surface area contributed by atoms with Crippen LogP contribution in [0.15, 0.2) is 0 Å². The van der Waals surface area contributed by atoms with E-state index in [1.54, 1.807) is 6.92 Å². The molecule has 0 aromatic rings. The summed E-state index contributed by atoms with van der Waals surface area (Å²) in [5, 5.41) is 9.76. The molecule has 20 heavy (non-hydrogen) atoms. The maximum Gasteiger partial charge on any atom is 0.323 e. The van der Waals surface area contributed by atoms with Crippen molar-refractivity contribution < 1.29 is 19.4 Å². The molecule has 0 aromatic heterocycles. The van der Waals surface area contributed by atoms with Gasteiger partial charge in [0.2, 0.25) is 0 Å². The van der Waals surface area contributed by atoms with Crippen LogP contribution >= 0.6 is 0 Å². The fourth-order valence-electron chi connectivity index (χ4n) is 3.49. The van der Waals surface area contributed by atoms with Gasteiger partial charge in [0.15, 0.2) is 5.41 Å². The number of hydrogen-bond acceptors (Lipinski definition) is 3. The van der Waals surface area contributed by atoms with Crippen LogP contribution in [0.25, 0.3) is 0 Å². The minimum atomic E-state index is -1.35. The molecule has 1 N–H and O–H groups in total. The van der Waals surface area contributed by atoms with Crippen LogP contribution in [0.3, 0.4) is 0 Å². The predicted molar refractivity (Wildman–Crippen MR) is 77.3 cm³/mol. The van der Waals surface area contributed by atoms with E-state index in [1.165, 1.54) is 0 Å². The highest BCUT2D eigenvalue weighted by Crippen LogP contribution is 2.46. The lowest BCUT2D eigenvalue weighted by atomic mass is 9.62. The molecule has 1 fully saturated rings. The first-order valence-electron chi connectivity index (χ1n) is 7.80. The molecule has 0 heterocycles. The SMILES string of the molecule is CCCC(C(=O)O)(C(=O)OCC)C1CCC(C)C(C)C1. The van der Waals surface area contributed by atoms with Gasteiger partial charge in [-0.05, 0) is 43.9 Å². The third-order valence-electron chi connectivity index (χ3n) is 4.96. The summed E-state index contributed by atoms with van der Waals surface area (Å²) in [5.41, 5.74) is -1.35. The molecular weight excluding hydrogens is 256 g/mol. The number of carbonyl (C=O) groups is 2.